The third-order valence-corrected chi connectivity index (χ3v) is 8.03. The smallest absolute Gasteiger partial charge is 0.174 e. The number of hydrogen-bond donors (Lipinski definition) is 1. The molecule has 3 aromatic rings. The van der Waals surface area contributed by atoms with E-state index in [1.807, 2.05) is 0 Å². The number of tetrazole rings is 1. The minimum Gasteiger partial charge on any atom is -0.361 e. The number of H-pyrrole nitrogens is 1. The normalized spacial score (nSPS) is 20.5. The number of rotatable bonds is 12. The standard InChI is InChI=1S/C29H39N5O2/c1-17(2)11-20-13-24(14-20)29-27(21-7-8-21)28(32-36-29)23(9-10-26-30-33-34-31-26)16-25(35)15-22-6-5-18(3)12-19(22)4/h5-6,12,17,20-21,23-24H,7-11,13-16H2,1-4H3,(H,30,31,33,34)/t20?,23-,24?/m0/s1. The third kappa shape index (κ3) is 5.76. The van der Waals surface area contributed by atoms with Crippen LogP contribution in [0.4, 0.5) is 0 Å². The number of ketones is 1. The molecule has 7 heteroatoms. The molecule has 1 N–H and O–H groups in total. The summed E-state index contributed by atoms with van der Waals surface area (Å²) in [6.45, 7) is 8.78. The first-order valence-electron chi connectivity index (χ1n) is 13.7. The number of nitrogens with zero attached hydrogens (tertiary/aromatic N) is 4. The Kier molecular flexibility index (Phi) is 7.35. The second-order valence-corrected chi connectivity index (χ2v) is 11.7. The van der Waals surface area contributed by atoms with E-state index in [2.05, 4.69) is 71.7 Å². The van der Waals surface area contributed by atoms with Gasteiger partial charge in [-0.3, -0.25) is 4.79 Å². The van der Waals surface area contributed by atoms with Crippen LogP contribution < -0.4 is 0 Å². The summed E-state index contributed by atoms with van der Waals surface area (Å²) in [7, 11) is 0. The maximum atomic E-state index is 13.3. The van der Waals surface area contributed by atoms with Crippen LogP contribution in [0, 0.1) is 25.7 Å². The van der Waals surface area contributed by atoms with Crippen molar-refractivity contribution in [3.8, 4) is 0 Å². The van der Waals surface area contributed by atoms with Crippen molar-refractivity contribution in [2.45, 2.75) is 103 Å². The van der Waals surface area contributed by atoms with Gasteiger partial charge in [0.05, 0.1) is 5.69 Å². The molecule has 0 bridgehead atoms. The summed E-state index contributed by atoms with van der Waals surface area (Å²) >= 11 is 0. The molecule has 2 aliphatic carbocycles. The molecule has 0 saturated heterocycles. The van der Waals surface area contributed by atoms with E-state index in [0.717, 1.165) is 35.3 Å². The average Bonchev–Trinajstić information content (AvgIpc) is 3.33. The molecule has 5 rings (SSSR count). The lowest BCUT2D eigenvalue weighted by Crippen LogP contribution is -2.23. The molecular formula is C29H39N5O2. The molecule has 2 saturated carbocycles. The molecular weight excluding hydrogens is 450 g/mol. The van der Waals surface area contributed by atoms with Gasteiger partial charge < -0.3 is 4.52 Å². The molecule has 0 amide bonds. The van der Waals surface area contributed by atoms with Gasteiger partial charge >= 0.3 is 0 Å². The minimum atomic E-state index is 0.00129. The summed E-state index contributed by atoms with van der Waals surface area (Å²) in [6, 6.07) is 6.32. The minimum absolute atomic E-state index is 0.00129. The Morgan fingerprint density at radius 3 is 2.64 bits per heavy atom. The van der Waals surface area contributed by atoms with Gasteiger partial charge in [-0.1, -0.05) is 48.0 Å². The highest BCUT2D eigenvalue weighted by Crippen LogP contribution is 2.52. The highest BCUT2D eigenvalue weighted by atomic mass is 16.5. The van der Waals surface area contributed by atoms with Crippen LogP contribution >= 0.6 is 0 Å². The first-order chi connectivity index (χ1) is 17.4. The molecule has 2 aliphatic rings. The number of carbonyl (C=O) groups excluding carboxylic acids is 1. The van der Waals surface area contributed by atoms with Crippen LogP contribution in [0.5, 0.6) is 0 Å². The number of benzene rings is 1. The van der Waals surface area contributed by atoms with Crippen molar-refractivity contribution < 1.29 is 9.32 Å². The van der Waals surface area contributed by atoms with Gasteiger partial charge in [0, 0.05) is 36.7 Å². The number of aryl methyl sites for hydroxylation is 3. The van der Waals surface area contributed by atoms with E-state index in [0.29, 0.717) is 36.9 Å². The predicted octanol–water partition coefficient (Wildman–Crippen LogP) is 6.14. The largest absolute Gasteiger partial charge is 0.361 e. The Hall–Kier alpha value is -2.83. The van der Waals surface area contributed by atoms with Crippen LogP contribution in [0.1, 0.15) is 116 Å². The lowest BCUT2D eigenvalue weighted by molar-refractivity contribution is -0.118. The fraction of sp³-hybridized carbons (Fsp3) is 0.621. The van der Waals surface area contributed by atoms with E-state index < -0.39 is 0 Å². The van der Waals surface area contributed by atoms with Crippen LogP contribution in [0.3, 0.4) is 0 Å². The first kappa shape index (κ1) is 24.8. The number of carbonyl (C=O) groups is 1. The number of aromatic amines is 1. The molecule has 2 aromatic heterocycles. The molecule has 2 heterocycles. The molecule has 1 atom stereocenters. The van der Waals surface area contributed by atoms with Crippen LogP contribution in [0.2, 0.25) is 0 Å². The zero-order chi connectivity index (χ0) is 25.2. The van der Waals surface area contributed by atoms with Gasteiger partial charge in [-0.05, 0) is 81.3 Å². The summed E-state index contributed by atoms with van der Waals surface area (Å²) in [5, 5.41) is 19.2. The van der Waals surface area contributed by atoms with Crippen molar-refractivity contribution in [3.63, 3.8) is 0 Å². The molecule has 0 aliphatic heterocycles. The van der Waals surface area contributed by atoms with E-state index in [4.69, 9.17) is 4.52 Å². The summed E-state index contributed by atoms with van der Waals surface area (Å²) in [5.74, 6) is 4.58. The van der Waals surface area contributed by atoms with Crippen LogP contribution in [0.15, 0.2) is 22.7 Å². The topological polar surface area (TPSA) is 97.6 Å². The maximum Gasteiger partial charge on any atom is 0.174 e. The monoisotopic (exact) mass is 489 g/mol. The molecule has 192 valence electrons. The predicted molar refractivity (Wildman–Crippen MR) is 138 cm³/mol. The van der Waals surface area contributed by atoms with E-state index >= 15 is 0 Å². The average molecular weight is 490 g/mol. The van der Waals surface area contributed by atoms with Gasteiger partial charge in [0.1, 0.15) is 11.5 Å². The lowest BCUT2D eigenvalue weighted by atomic mass is 9.69. The van der Waals surface area contributed by atoms with Gasteiger partial charge in [-0.25, -0.2) is 0 Å². The van der Waals surface area contributed by atoms with Gasteiger partial charge in [0.25, 0.3) is 0 Å². The van der Waals surface area contributed by atoms with Crippen LogP contribution in [-0.2, 0) is 17.6 Å². The van der Waals surface area contributed by atoms with Gasteiger partial charge in [-0.2, -0.15) is 5.21 Å². The lowest BCUT2D eigenvalue weighted by Gasteiger charge is -2.35. The Balaban J connectivity index is 1.35. The molecule has 0 unspecified atom stereocenters. The highest BCUT2D eigenvalue weighted by molar-refractivity contribution is 5.82. The second kappa shape index (κ2) is 10.7. The fourth-order valence-corrected chi connectivity index (χ4v) is 6.03. The van der Waals surface area contributed by atoms with E-state index in [-0.39, 0.29) is 11.7 Å². The van der Waals surface area contributed by atoms with Crippen LogP contribution in [0.25, 0.3) is 0 Å². The third-order valence-electron chi connectivity index (χ3n) is 8.03. The first-order valence-corrected chi connectivity index (χ1v) is 13.7. The molecule has 0 spiro atoms. The highest BCUT2D eigenvalue weighted by Gasteiger charge is 2.41. The Morgan fingerprint density at radius 1 is 1.17 bits per heavy atom. The number of hydrogen-bond acceptors (Lipinski definition) is 6. The van der Waals surface area contributed by atoms with Crippen molar-refractivity contribution in [2.75, 3.05) is 0 Å². The van der Waals surface area contributed by atoms with E-state index in [1.165, 1.54) is 48.8 Å². The second-order valence-electron chi connectivity index (χ2n) is 11.7. The number of Topliss-reactive ketones (excluding diaryl/α,β-unsaturated/α-hetero) is 1. The van der Waals surface area contributed by atoms with E-state index in [9.17, 15) is 4.79 Å². The van der Waals surface area contributed by atoms with Crippen molar-refractivity contribution in [1.29, 1.82) is 0 Å². The fourth-order valence-electron chi connectivity index (χ4n) is 6.03. The van der Waals surface area contributed by atoms with Crippen molar-refractivity contribution in [3.05, 3.63) is 57.7 Å². The van der Waals surface area contributed by atoms with Crippen LogP contribution in [-0.4, -0.2) is 31.6 Å². The van der Waals surface area contributed by atoms with Crippen molar-refractivity contribution in [2.24, 2.45) is 11.8 Å². The zero-order valence-corrected chi connectivity index (χ0v) is 22.1. The molecule has 0 radical (unpaired) electrons. The van der Waals surface area contributed by atoms with Gasteiger partial charge in [0.15, 0.2) is 5.82 Å². The summed E-state index contributed by atoms with van der Waals surface area (Å²) in [5.41, 5.74) is 5.83. The van der Waals surface area contributed by atoms with E-state index in [1.54, 1.807) is 0 Å². The molecule has 2 fully saturated rings. The Bertz CT molecular complexity index is 1170. The zero-order valence-electron chi connectivity index (χ0n) is 22.1. The summed E-state index contributed by atoms with van der Waals surface area (Å²) in [4.78, 5) is 13.3. The quantitative estimate of drug-likeness (QED) is 0.328. The molecule has 36 heavy (non-hydrogen) atoms. The Labute approximate surface area is 213 Å². The van der Waals surface area contributed by atoms with Gasteiger partial charge in [-0.15, -0.1) is 10.2 Å². The molecule has 7 nitrogen and oxygen atoms in total. The number of nitrogens with one attached hydrogen (secondary N) is 1. The van der Waals surface area contributed by atoms with Crippen molar-refractivity contribution >= 4 is 5.78 Å². The maximum absolute atomic E-state index is 13.3. The summed E-state index contributed by atoms with van der Waals surface area (Å²) < 4.78 is 6.09. The number of aromatic nitrogens is 5. The van der Waals surface area contributed by atoms with Gasteiger partial charge in [0.2, 0.25) is 0 Å². The Morgan fingerprint density at radius 2 is 1.97 bits per heavy atom. The SMILES string of the molecule is Cc1ccc(CC(=O)C[C@H](CCc2nn[nH]n2)c2noc(C3CC(CC(C)C)C3)c2C2CC2)c(C)c1. The molecule has 1 aromatic carbocycles. The van der Waals surface area contributed by atoms with Crippen molar-refractivity contribution in [1.82, 2.24) is 25.8 Å². The summed E-state index contributed by atoms with van der Waals surface area (Å²) in [6.07, 6.45) is 8.39.